The van der Waals surface area contributed by atoms with Gasteiger partial charge in [-0.25, -0.2) is 0 Å². The van der Waals surface area contributed by atoms with Crippen LogP contribution >= 0.6 is 11.6 Å². The van der Waals surface area contributed by atoms with Crippen LogP contribution in [0.2, 0.25) is 5.02 Å². The van der Waals surface area contributed by atoms with Gasteiger partial charge in [0.25, 0.3) is 0 Å². The maximum absolute atomic E-state index is 12.7. The maximum Gasteiger partial charge on any atom is 0.228 e. The van der Waals surface area contributed by atoms with E-state index in [1.165, 1.54) is 5.39 Å². The highest BCUT2D eigenvalue weighted by Gasteiger charge is 2.18. The molecule has 4 rings (SSSR count). The van der Waals surface area contributed by atoms with Gasteiger partial charge in [0.1, 0.15) is 0 Å². The largest absolute Gasteiger partial charge is 0.367 e. The predicted octanol–water partition coefficient (Wildman–Crippen LogP) is 4.43. The van der Waals surface area contributed by atoms with Crippen LogP contribution in [0.1, 0.15) is 5.56 Å². The van der Waals surface area contributed by atoms with Gasteiger partial charge in [0.05, 0.1) is 17.8 Å². The molecule has 0 bridgehead atoms. The van der Waals surface area contributed by atoms with Crippen molar-refractivity contribution in [3.05, 3.63) is 71.2 Å². The maximum atomic E-state index is 12.7. The van der Waals surface area contributed by atoms with Crippen molar-refractivity contribution in [3.8, 4) is 0 Å². The van der Waals surface area contributed by atoms with Gasteiger partial charge in [-0.15, -0.1) is 0 Å². The number of likely N-dealkylation sites (N-methyl/N-ethyl adjacent to an activating group) is 1. The first-order valence-electron chi connectivity index (χ1n) is 9.59. The molecule has 3 aromatic rings. The van der Waals surface area contributed by atoms with Gasteiger partial charge in [-0.1, -0.05) is 54.1 Å². The van der Waals surface area contributed by atoms with Gasteiger partial charge in [-0.3, -0.25) is 4.79 Å². The van der Waals surface area contributed by atoms with Crippen LogP contribution in [0.25, 0.3) is 10.8 Å². The molecule has 5 heteroatoms. The van der Waals surface area contributed by atoms with Crippen molar-refractivity contribution in [3.63, 3.8) is 0 Å². The standard InChI is InChI=1S/C23H24ClN3O/c1-26-10-12-27(13-11-26)22-9-8-20(24)16-21(22)25-23(28)15-17-6-7-18-4-2-3-5-19(18)14-17/h2-9,14,16H,10-13,15H2,1H3,(H,25,28). The molecule has 1 amide bonds. The summed E-state index contributed by atoms with van der Waals surface area (Å²) in [5, 5.41) is 6.03. The third-order valence-corrected chi connectivity index (χ3v) is 5.49. The normalized spacial score (nSPS) is 15.0. The highest BCUT2D eigenvalue weighted by molar-refractivity contribution is 6.31. The van der Waals surface area contributed by atoms with Gasteiger partial charge < -0.3 is 15.1 Å². The molecule has 1 aliphatic rings. The lowest BCUT2D eigenvalue weighted by Crippen LogP contribution is -2.44. The molecule has 28 heavy (non-hydrogen) atoms. The molecule has 1 aliphatic heterocycles. The Morgan fingerprint density at radius 1 is 0.964 bits per heavy atom. The topological polar surface area (TPSA) is 35.6 Å². The van der Waals surface area contributed by atoms with E-state index >= 15 is 0 Å². The molecule has 0 radical (unpaired) electrons. The monoisotopic (exact) mass is 393 g/mol. The number of anilines is 2. The number of hydrogen-bond acceptors (Lipinski definition) is 3. The van der Waals surface area contributed by atoms with Crippen molar-refractivity contribution in [2.75, 3.05) is 43.4 Å². The van der Waals surface area contributed by atoms with Crippen LogP contribution < -0.4 is 10.2 Å². The zero-order valence-corrected chi connectivity index (χ0v) is 16.7. The van der Waals surface area contributed by atoms with Gasteiger partial charge in [0, 0.05) is 31.2 Å². The minimum atomic E-state index is -0.0343. The Balaban J connectivity index is 1.51. The predicted molar refractivity (Wildman–Crippen MR) is 117 cm³/mol. The molecule has 1 saturated heterocycles. The van der Waals surface area contributed by atoms with E-state index in [9.17, 15) is 4.79 Å². The highest BCUT2D eigenvalue weighted by atomic mass is 35.5. The van der Waals surface area contributed by atoms with Crippen molar-refractivity contribution < 1.29 is 4.79 Å². The Kier molecular flexibility index (Phi) is 5.51. The second kappa shape index (κ2) is 8.21. The van der Waals surface area contributed by atoms with E-state index in [0.717, 1.165) is 48.5 Å². The van der Waals surface area contributed by atoms with E-state index in [1.54, 1.807) is 0 Å². The van der Waals surface area contributed by atoms with Crippen molar-refractivity contribution in [1.29, 1.82) is 0 Å². The van der Waals surface area contributed by atoms with Crippen LogP contribution in [0, 0.1) is 0 Å². The van der Waals surface area contributed by atoms with Crippen LogP contribution in [-0.2, 0) is 11.2 Å². The molecule has 1 fully saturated rings. The number of halogens is 1. The molecule has 4 nitrogen and oxygen atoms in total. The molecule has 0 unspecified atom stereocenters. The highest BCUT2D eigenvalue weighted by Crippen LogP contribution is 2.30. The molecule has 0 aliphatic carbocycles. The molecule has 144 valence electrons. The minimum Gasteiger partial charge on any atom is -0.367 e. The summed E-state index contributed by atoms with van der Waals surface area (Å²) in [7, 11) is 2.13. The van der Waals surface area contributed by atoms with Gasteiger partial charge in [-0.2, -0.15) is 0 Å². The van der Waals surface area contributed by atoms with Crippen molar-refractivity contribution >= 4 is 39.7 Å². The zero-order valence-electron chi connectivity index (χ0n) is 16.0. The quantitative estimate of drug-likeness (QED) is 0.712. The number of fused-ring (bicyclic) bond motifs is 1. The molecule has 3 aromatic carbocycles. The fourth-order valence-corrected chi connectivity index (χ4v) is 3.83. The molecule has 1 N–H and O–H groups in total. The smallest absolute Gasteiger partial charge is 0.228 e. The van der Waals surface area contributed by atoms with Crippen LogP contribution in [-0.4, -0.2) is 44.0 Å². The first kappa shape index (κ1) is 18.8. The van der Waals surface area contributed by atoms with Gasteiger partial charge in [0.2, 0.25) is 5.91 Å². The van der Waals surface area contributed by atoms with Crippen LogP contribution in [0.3, 0.4) is 0 Å². The zero-order chi connectivity index (χ0) is 19.5. The van der Waals surface area contributed by atoms with Gasteiger partial charge in [-0.05, 0) is 41.6 Å². The molecular weight excluding hydrogens is 370 g/mol. The van der Waals surface area contributed by atoms with Gasteiger partial charge in [0.15, 0.2) is 0 Å². The van der Waals surface area contributed by atoms with E-state index in [2.05, 4.69) is 46.4 Å². The molecule has 0 atom stereocenters. The Bertz CT molecular complexity index is 996. The number of nitrogens with one attached hydrogen (secondary N) is 1. The summed E-state index contributed by atoms with van der Waals surface area (Å²) in [5.74, 6) is -0.0343. The SMILES string of the molecule is CN1CCN(c2ccc(Cl)cc2NC(=O)Cc2ccc3ccccc3c2)CC1. The molecule has 0 saturated carbocycles. The number of piperazine rings is 1. The van der Waals surface area contributed by atoms with Crippen LogP contribution in [0.5, 0.6) is 0 Å². The second-order valence-corrected chi connectivity index (χ2v) is 7.79. The second-order valence-electron chi connectivity index (χ2n) is 7.36. The van der Waals surface area contributed by atoms with Crippen LogP contribution in [0.15, 0.2) is 60.7 Å². The van der Waals surface area contributed by atoms with Gasteiger partial charge >= 0.3 is 0 Å². The third kappa shape index (κ3) is 4.29. The fraction of sp³-hybridized carbons (Fsp3) is 0.261. The summed E-state index contributed by atoms with van der Waals surface area (Å²) in [6.45, 7) is 3.89. The van der Waals surface area contributed by atoms with Crippen molar-refractivity contribution in [2.24, 2.45) is 0 Å². The average Bonchev–Trinajstić information content (AvgIpc) is 2.69. The molecular formula is C23H24ClN3O. The number of nitrogens with zero attached hydrogens (tertiary/aromatic N) is 2. The Labute approximate surface area is 170 Å². The van der Waals surface area contributed by atoms with E-state index in [4.69, 9.17) is 11.6 Å². The summed E-state index contributed by atoms with van der Waals surface area (Å²) in [5.41, 5.74) is 2.81. The molecule has 0 spiro atoms. The minimum absolute atomic E-state index is 0.0343. The Morgan fingerprint density at radius 2 is 1.71 bits per heavy atom. The van der Waals surface area contributed by atoms with Crippen molar-refractivity contribution in [1.82, 2.24) is 4.90 Å². The van der Waals surface area contributed by atoms with Crippen molar-refractivity contribution in [2.45, 2.75) is 6.42 Å². The van der Waals surface area contributed by atoms with E-state index in [0.29, 0.717) is 11.4 Å². The number of amides is 1. The Hall–Kier alpha value is -2.56. The Morgan fingerprint density at radius 3 is 2.50 bits per heavy atom. The number of carbonyl (C=O) groups is 1. The van der Waals surface area contributed by atoms with E-state index in [-0.39, 0.29) is 5.91 Å². The summed E-state index contributed by atoms with van der Waals surface area (Å²) in [4.78, 5) is 17.4. The lowest BCUT2D eigenvalue weighted by Gasteiger charge is -2.35. The number of carbonyl (C=O) groups excluding carboxylic acids is 1. The lowest BCUT2D eigenvalue weighted by molar-refractivity contribution is -0.115. The van der Waals surface area contributed by atoms with E-state index in [1.807, 2.05) is 36.4 Å². The summed E-state index contributed by atoms with van der Waals surface area (Å²) < 4.78 is 0. The first-order chi connectivity index (χ1) is 13.6. The first-order valence-corrected chi connectivity index (χ1v) is 9.97. The number of hydrogen-bond donors (Lipinski definition) is 1. The lowest BCUT2D eigenvalue weighted by atomic mass is 10.0. The third-order valence-electron chi connectivity index (χ3n) is 5.26. The average molecular weight is 394 g/mol. The van der Waals surface area contributed by atoms with E-state index < -0.39 is 0 Å². The molecule has 0 aromatic heterocycles. The number of rotatable bonds is 4. The fourth-order valence-electron chi connectivity index (χ4n) is 3.66. The summed E-state index contributed by atoms with van der Waals surface area (Å²) in [6, 6.07) is 20.1. The van der Waals surface area contributed by atoms with Crippen LogP contribution in [0.4, 0.5) is 11.4 Å². The number of benzene rings is 3. The summed E-state index contributed by atoms with van der Waals surface area (Å²) in [6.07, 6.45) is 0.333. The molecule has 1 heterocycles. The summed E-state index contributed by atoms with van der Waals surface area (Å²) >= 11 is 6.21.